The molecule has 4 aromatic rings. The monoisotopic (exact) mass is 527 g/mol. The Morgan fingerprint density at radius 1 is 1.08 bits per heavy atom. The number of nitrogen functional groups attached to an aromatic ring is 1. The van der Waals surface area contributed by atoms with E-state index in [2.05, 4.69) is 31.0 Å². The number of alkyl halides is 3. The van der Waals surface area contributed by atoms with Gasteiger partial charge >= 0.3 is 12.2 Å². The first-order valence-electron chi connectivity index (χ1n) is 10.9. The van der Waals surface area contributed by atoms with Gasteiger partial charge in [0.2, 0.25) is 0 Å². The molecule has 14 heteroatoms. The Bertz CT molecular complexity index is 1560. The second kappa shape index (κ2) is 10.2. The van der Waals surface area contributed by atoms with E-state index in [1.54, 1.807) is 31.3 Å². The van der Waals surface area contributed by atoms with Crippen LogP contribution in [0.2, 0.25) is 0 Å². The van der Waals surface area contributed by atoms with E-state index in [1.165, 1.54) is 23.1 Å². The molecule has 2 aromatic carbocycles. The molecule has 2 heterocycles. The molecule has 0 radical (unpaired) electrons. The van der Waals surface area contributed by atoms with Gasteiger partial charge in [0.25, 0.3) is 0 Å². The van der Waals surface area contributed by atoms with Gasteiger partial charge in [-0.1, -0.05) is 17.7 Å². The van der Waals surface area contributed by atoms with Crippen molar-refractivity contribution in [1.29, 1.82) is 5.41 Å². The Kier molecular flexibility index (Phi) is 6.97. The zero-order chi connectivity index (χ0) is 27.6. The molecule has 0 spiro atoms. The molecule has 2 amide bonds. The molecule has 2 aromatic heterocycles. The van der Waals surface area contributed by atoms with E-state index < -0.39 is 29.6 Å². The Hall–Kier alpha value is -5.01. The SMILES string of the molecule is Cc1ccc(N/C(=C\C(=N)C(F)(F)F)NC(=O)Nc2ccc(-c3nn(C)c4ncnc(N)c34)c(F)c2)cc1. The number of rotatable bonds is 6. The lowest BCUT2D eigenvalue weighted by molar-refractivity contribution is -0.0584. The van der Waals surface area contributed by atoms with Crippen LogP contribution in [0.15, 0.2) is 60.7 Å². The number of hydrogen-bond acceptors (Lipinski definition) is 7. The molecule has 38 heavy (non-hydrogen) atoms. The summed E-state index contributed by atoms with van der Waals surface area (Å²) in [6.45, 7) is 1.83. The highest BCUT2D eigenvalue weighted by atomic mass is 19.4. The van der Waals surface area contributed by atoms with Crippen molar-refractivity contribution in [2.75, 3.05) is 16.4 Å². The minimum Gasteiger partial charge on any atom is -0.383 e. The van der Waals surface area contributed by atoms with Gasteiger partial charge in [0, 0.05) is 30.1 Å². The smallest absolute Gasteiger partial charge is 0.383 e. The van der Waals surface area contributed by atoms with E-state index in [9.17, 15) is 18.0 Å². The number of carbonyl (C=O) groups is 1. The highest BCUT2D eigenvalue weighted by molar-refractivity contribution is 6.00. The van der Waals surface area contributed by atoms with Gasteiger partial charge < -0.3 is 16.4 Å². The Labute approximate surface area is 213 Å². The number of hydrogen-bond donors (Lipinski definition) is 5. The van der Waals surface area contributed by atoms with E-state index >= 15 is 4.39 Å². The first-order chi connectivity index (χ1) is 17.9. The fourth-order valence-corrected chi connectivity index (χ4v) is 3.49. The first-order valence-corrected chi connectivity index (χ1v) is 10.9. The lowest BCUT2D eigenvalue weighted by Gasteiger charge is -2.15. The van der Waals surface area contributed by atoms with Gasteiger partial charge in [0.15, 0.2) is 5.65 Å². The van der Waals surface area contributed by atoms with Crippen LogP contribution in [0, 0.1) is 18.2 Å². The number of benzene rings is 2. The first kappa shape index (κ1) is 26.1. The summed E-state index contributed by atoms with van der Waals surface area (Å²) in [5.74, 6) is -1.05. The van der Waals surface area contributed by atoms with E-state index in [1.807, 2.05) is 6.92 Å². The van der Waals surface area contributed by atoms with Crippen LogP contribution in [0.4, 0.5) is 39.5 Å². The van der Waals surface area contributed by atoms with Crippen LogP contribution in [0.5, 0.6) is 0 Å². The summed E-state index contributed by atoms with van der Waals surface area (Å²) in [4.78, 5) is 20.6. The molecule has 0 saturated carbocycles. The van der Waals surface area contributed by atoms with E-state index in [0.717, 1.165) is 11.6 Å². The standard InChI is InChI=1S/C24H21F4N9O/c1-12-3-5-13(6-4-12)33-18(10-17(29)24(26,27)28)35-23(38)34-14-7-8-15(16(25)9-14)20-19-21(30)31-11-32-22(19)37(2)36-20/h3-11,29,33H,1-2H3,(H2,30,31,32)(H2,34,35,38)/b18-10+,29-17?. The molecule has 0 atom stereocenters. The van der Waals surface area contributed by atoms with Crippen molar-refractivity contribution in [1.82, 2.24) is 25.1 Å². The van der Waals surface area contributed by atoms with Crippen LogP contribution in [0.3, 0.4) is 0 Å². The van der Waals surface area contributed by atoms with Crippen molar-refractivity contribution < 1.29 is 22.4 Å². The van der Waals surface area contributed by atoms with Crippen molar-refractivity contribution in [3.05, 3.63) is 72.1 Å². The maximum Gasteiger partial charge on any atom is 0.432 e. The molecule has 0 aliphatic heterocycles. The van der Waals surface area contributed by atoms with Crippen LogP contribution in [-0.2, 0) is 7.05 Å². The summed E-state index contributed by atoms with van der Waals surface area (Å²) in [6.07, 6.45) is -3.24. The van der Waals surface area contributed by atoms with Crippen molar-refractivity contribution in [2.45, 2.75) is 13.1 Å². The maximum absolute atomic E-state index is 15.1. The van der Waals surface area contributed by atoms with Crippen molar-refractivity contribution >= 4 is 40.0 Å². The zero-order valence-electron chi connectivity index (χ0n) is 20.0. The number of nitrogens with two attached hydrogens (primary N) is 1. The number of nitrogens with zero attached hydrogens (tertiary/aromatic N) is 4. The number of halogens is 4. The van der Waals surface area contributed by atoms with Crippen molar-refractivity contribution in [3.63, 3.8) is 0 Å². The number of aryl methyl sites for hydroxylation is 2. The third-order valence-corrected chi connectivity index (χ3v) is 5.30. The molecule has 6 N–H and O–H groups in total. The van der Waals surface area contributed by atoms with Gasteiger partial charge in [-0.15, -0.1) is 0 Å². The minimum absolute atomic E-state index is 0.00814. The molecule has 0 aliphatic carbocycles. The summed E-state index contributed by atoms with van der Waals surface area (Å²) in [6, 6.07) is 9.39. The second-order valence-corrected chi connectivity index (χ2v) is 8.16. The molecular weight excluding hydrogens is 506 g/mol. The summed E-state index contributed by atoms with van der Waals surface area (Å²) >= 11 is 0. The van der Waals surface area contributed by atoms with Crippen molar-refractivity contribution in [3.8, 4) is 11.3 Å². The number of carbonyl (C=O) groups excluding carboxylic acids is 1. The molecule has 0 bridgehead atoms. The summed E-state index contributed by atoms with van der Waals surface area (Å²) < 4.78 is 55.3. The van der Waals surface area contributed by atoms with Gasteiger partial charge in [0.1, 0.15) is 35.2 Å². The quantitative estimate of drug-likeness (QED) is 0.181. The predicted molar refractivity (Wildman–Crippen MR) is 135 cm³/mol. The summed E-state index contributed by atoms with van der Waals surface area (Å²) in [7, 11) is 1.62. The summed E-state index contributed by atoms with van der Waals surface area (Å²) in [5, 5.41) is 19.1. The maximum atomic E-state index is 15.1. The number of fused-ring (bicyclic) bond motifs is 1. The predicted octanol–water partition coefficient (Wildman–Crippen LogP) is 4.72. The largest absolute Gasteiger partial charge is 0.432 e. The van der Waals surface area contributed by atoms with E-state index in [0.29, 0.717) is 22.8 Å². The third kappa shape index (κ3) is 5.69. The fourth-order valence-electron chi connectivity index (χ4n) is 3.49. The highest BCUT2D eigenvalue weighted by Crippen LogP contribution is 2.32. The average molecular weight is 527 g/mol. The number of amides is 2. The number of allylic oxidation sites excluding steroid dienone is 1. The average Bonchev–Trinajstić information content (AvgIpc) is 3.17. The number of anilines is 3. The molecule has 4 rings (SSSR count). The molecule has 196 valence electrons. The molecular formula is C24H21F4N9O. The fraction of sp³-hybridized carbons (Fsp3) is 0.125. The Balaban J connectivity index is 1.55. The van der Waals surface area contributed by atoms with Crippen LogP contribution < -0.4 is 21.7 Å². The lowest BCUT2D eigenvalue weighted by Crippen LogP contribution is -2.33. The van der Waals surface area contributed by atoms with Crippen LogP contribution in [0.1, 0.15) is 5.56 Å². The topological polar surface area (TPSA) is 147 Å². The number of aromatic nitrogens is 4. The molecule has 10 nitrogen and oxygen atoms in total. The number of urea groups is 1. The molecule has 0 unspecified atom stereocenters. The van der Waals surface area contributed by atoms with Crippen LogP contribution >= 0.6 is 0 Å². The van der Waals surface area contributed by atoms with Gasteiger partial charge in [-0.2, -0.15) is 18.3 Å². The Morgan fingerprint density at radius 3 is 2.42 bits per heavy atom. The summed E-state index contributed by atoms with van der Waals surface area (Å²) in [5.41, 5.74) is 6.22. The zero-order valence-corrected chi connectivity index (χ0v) is 20.0. The van der Waals surface area contributed by atoms with Gasteiger partial charge in [0.05, 0.1) is 5.39 Å². The van der Waals surface area contributed by atoms with Crippen LogP contribution in [-0.4, -0.2) is 37.7 Å². The van der Waals surface area contributed by atoms with Gasteiger partial charge in [-0.05, 0) is 37.3 Å². The Morgan fingerprint density at radius 2 is 1.76 bits per heavy atom. The van der Waals surface area contributed by atoms with Gasteiger partial charge in [-0.25, -0.2) is 23.8 Å². The van der Waals surface area contributed by atoms with E-state index in [-0.39, 0.29) is 22.8 Å². The van der Waals surface area contributed by atoms with Crippen molar-refractivity contribution in [2.24, 2.45) is 7.05 Å². The third-order valence-electron chi connectivity index (χ3n) is 5.30. The minimum atomic E-state index is -4.93. The van der Waals surface area contributed by atoms with E-state index in [4.69, 9.17) is 11.1 Å². The van der Waals surface area contributed by atoms with Gasteiger partial charge in [-0.3, -0.25) is 10.7 Å². The molecule has 0 saturated heterocycles. The molecule has 0 aliphatic rings. The highest BCUT2D eigenvalue weighted by Gasteiger charge is 2.33. The normalized spacial score (nSPS) is 11.9. The second-order valence-electron chi connectivity index (χ2n) is 8.16. The number of nitrogens with one attached hydrogen (secondary N) is 4. The molecule has 0 fully saturated rings. The van der Waals surface area contributed by atoms with Crippen LogP contribution in [0.25, 0.3) is 22.3 Å². The lowest BCUT2D eigenvalue weighted by atomic mass is 10.1.